The molecule has 0 spiro atoms. The summed E-state index contributed by atoms with van der Waals surface area (Å²) in [5, 5.41) is 7.53. The van der Waals surface area contributed by atoms with Crippen molar-refractivity contribution in [1.82, 2.24) is 5.43 Å². The molecule has 1 fully saturated rings. The number of rotatable bonds is 5. The number of quaternary nitrogens is 1. The van der Waals surface area contributed by atoms with Crippen molar-refractivity contribution in [3.8, 4) is 0 Å². The van der Waals surface area contributed by atoms with Crippen LogP contribution in [0.4, 0.5) is 10.1 Å². The van der Waals surface area contributed by atoms with E-state index in [0.717, 1.165) is 31.5 Å². The summed E-state index contributed by atoms with van der Waals surface area (Å²) in [6.45, 7) is 3.85. The number of halogens is 3. The molecule has 5 nitrogen and oxygen atoms in total. The second-order valence-electron chi connectivity index (χ2n) is 8.78. The van der Waals surface area contributed by atoms with Crippen molar-refractivity contribution in [3.63, 3.8) is 0 Å². The largest absolute Gasteiger partial charge is 0.312 e. The van der Waals surface area contributed by atoms with Crippen LogP contribution in [-0.2, 0) is 4.79 Å². The summed E-state index contributed by atoms with van der Waals surface area (Å²) in [6.07, 6.45) is 4.06. The van der Waals surface area contributed by atoms with Crippen LogP contribution in [0.15, 0.2) is 47.6 Å². The average molecular weight is 478 g/mol. The van der Waals surface area contributed by atoms with Crippen LogP contribution in [0.2, 0.25) is 10.0 Å². The molecule has 32 heavy (non-hydrogen) atoms. The maximum Gasteiger partial charge on any atom is 0.312 e. The minimum absolute atomic E-state index is 0.166. The number of anilines is 1. The molecule has 2 atom stereocenters. The molecule has 0 unspecified atom stereocenters. The van der Waals surface area contributed by atoms with Gasteiger partial charge in [0.25, 0.3) is 0 Å². The van der Waals surface area contributed by atoms with Crippen molar-refractivity contribution in [3.05, 3.63) is 63.9 Å². The Kier molecular flexibility index (Phi) is 6.75. The smallest absolute Gasteiger partial charge is 0.263 e. The Morgan fingerprint density at radius 2 is 1.84 bits per heavy atom. The predicted molar refractivity (Wildman–Crippen MR) is 127 cm³/mol. The van der Waals surface area contributed by atoms with Crippen LogP contribution in [0.25, 0.3) is 0 Å². The average Bonchev–Trinajstić information content (AvgIpc) is 3.14. The van der Waals surface area contributed by atoms with Crippen molar-refractivity contribution in [2.45, 2.75) is 38.6 Å². The first-order valence-electron chi connectivity index (χ1n) is 11.1. The standard InChI is InChI=1S/C24H27Cl2FN4O/c1-3-19-22(24(32)29-31(2)13-5-4-6-14-31)28-30(21-12-9-17(25)15-20(21)26)23(19)16-7-10-18(27)11-8-16/h7-12,15,19,23H,3-6,13-14H2,1-2H3/p+1/t19-,23-/m0/s1. The van der Waals surface area contributed by atoms with E-state index in [4.69, 9.17) is 28.3 Å². The molecule has 0 aliphatic carbocycles. The van der Waals surface area contributed by atoms with E-state index in [9.17, 15) is 9.18 Å². The van der Waals surface area contributed by atoms with Crippen molar-refractivity contribution >= 4 is 40.5 Å². The Labute approximate surface area is 198 Å². The van der Waals surface area contributed by atoms with Gasteiger partial charge in [0.1, 0.15) is 24.6 Å². The van der Waals surface area contributed by atoms with Crippen LogP contribution in [-0.4, -0.2) is 36.3 Å². The van der Waals surface area contributed by atoms with E-state index in [0.29, 0.717) is 32.5 Å². The van der Waals surface area contributed by atoms with Crippen molar-refractivity contribution in [2.24, 2.45) is 11.0 Å². The van der Waals surface area contributed by atoms with Gasteiger partial charge in [0.2, 0.25) is 0 Å². The van der Waals surface area contributed by atoms with Crippen LogP contribution >= 0.6 is 23.2 Å². The number of piperidine rings is 1. The van der Waals surface area contributed by atoms with Gasteiger partial charge in [-0.3, -0.25) is 9.80 Å². The lowest BCUT2D eigenvalue weighted by atomic mass is 9.87. The van der Waals surface area contributed by atoms with Gasteiger partial charge < -0.3 is 0 Å². The third-order valence-electron chi connectivity index (χ3n) is 6.43. The number of carbonyl (C=O) groups is 1. The number of hydrogen-bond donors (Lipinski definition) is 1. The molecule has 0 aromatic heterocycles. The van der Waals surface area contributed by atoms with E-state index in [2.05, 4.69) is 12.5 Å². The van der Waals surface area contributed by atoms with Crippen molar-refractivity contribution in [2.75, 3.05) is 25.1 Å². The topological polar surface area (TPSA) is 44.7 Å². The lowest BCUT2D eigenvalue weighted by molar-refractivity contribution is -0.947. The van der Waals surface area contributed by atoms with Crippen molar-refractivity contribution in [1.29, 1.82) is 0 Å². The molecule has 1 amide bonds. The van der Waals surface area contributed by atoms with Gasteiger partial charge in [0.15, 0.2) is 0 Å². The summed E-state index contributed by atoms with van der Waals surface area (Å²) in [4.78, 5) is 13.4. The Hall–Kier alpha value is -2.15. The molecule has 170 valence electrons. The Balaban J connectivity index is 1.73. The Bertz CT molecular complexity index is 1020. The van der Waals surface area contributed by atoms with Gasteiger partial charge in [-0.25, -0.2) is 8.98 Å². The van der Waals surface area contributed by atoms with Gasteiger partial charge in [-0.05, 0) is 61.6 Å². The molecule has 0 bridgehead atoms. The maximum atomic E-state index is 13.6. The minimum atomic E-state index is -0.308. The molecule has 1 saturated heterocycles. The van der Waals surface area contributed by atoms with Crippen LogP contribution in [0.3, 0.4) is 0 Å². The molecule has 0 saturated carbocycles. The molecule has 8 heteroatoms. The van der Waals surface area contributed by atoms with Crippen molar-refractivity contribution < 1.29 is 13.8 Å². The van der Waals surface area contributed by atoms with Crippen LogP contribution in [0.1, 0.15) is 44.2 Å². The molecule has 1 N–H and O–H groups in total. The Morgan fingerprint density at radius 1 is 1.16 bits per heavy atom. The van der Waals surface area contributed by atoms with Gasteiger partial charge in [-0.1, -0.05) is 42.3 Å². The van der Waals surface area contributed by atoms with E-state index in [1.54, 1.807) is 35.3 Å². The fourth-order valence-corrected chi connectivity index (χ4v) is 5.23. The molecule has 2 aliphatic rings. The number of likely N-dealkylation sites (tertiary alicyclic amines) is 1. The van der Waals surface area contributed by atoms with E-state index in [-0.39, 0.29) is 23.7 Å². The molecule has 2 aliphatic heterocycles. The highest BCUT2D eigenvalue weighted by Crippen LogP contribution is 2.43. The summed E-state index contributed by atoms with van der Waals surface area (Å²) in [7, 11) is 2.05. The highest BCUT2D eigenvalue weighted by atomic mass is 35.5. The van der Waals surface area contributed by atoms with Crippen LogP contribution < -0.4 is 10.4 Å². The third kappa shape index (κ3) is 4.63. The predicted octanol–water partition coefficient (Wildman–Crippen LogP) is 5.74. The van der Waals surface area contributed by atoms with E-state index < -0.39 is 0 Å². The maximum absolute atomic E-state index is 13.6. The second-order valence-corrected chi connectivity index (χ2v) is 9.63. The first kappa shape index (κ1) is 23.0. The van der Waals surface area contributed by atoms with Gasteiger partial charge in [-0.2, -0.15) is 10.5 Å². The molecule has 2 heterocycles. The molecule has 2 aromatic rings. The van der Waals surface area contributed by atoms with E-state index >= 15 is 0 Å². The molecule has 0 radical (unpaired) electrons. The van der Waals surface area contributed by atoms with E-state index in [1.165, 1.54) is 18.6 Å². The highest BCUT2D eigenvalue weighted by molar-refractivity contribution is 6.40. The zero-order valence-corrected chi connectivity index (χ0v) is 19.8. The summed E-state index contributed by atoms with van der Waals surface area (Å²) in [5.74, 6) is -0.651. The number of amides is 1. The Morgan fingerprint density at radius 3 is 2.47 bits per heavy atom. The monoisotopic (exact) mass is 477 g/mol. The van der Waals surface area contributed by atoms with Crippen LogP contribution in [0.5, 0.6) is 0 Å². The molecular formula is C24H28Cl2FN4O+. The number of benzene rings is 2. The second kappa shape index (κ2) is 9.38. The summed E-state index contributed by atoms with van der Waals surface area (Å²) in [5.41, 5.74) is 5.20. The number of nitrogens with zero attached hydrogens (tertiary/aromatic N) is 3. The van der Waals surface area contributed by atoms with Crippen LogP contribution in [0, 0.1) is 11.7 Å². The molecule has 4 rings (SSSR count). The zero-order chi connectivity index (χ0) is 22.9. The van der Waals surface area contributed by atoms with Gasteiger partial charge >= 0.3 is 5.91 Å². The number of hydrogen-bond acceptors (Lipinski definition) is 3. The molecular weight excluding hydrogens is 450 g/mol. The van der Waals surface area contributed by atoms with E-state index in [1.807, 2.05) is 6.92 Å². The summed E-state index contributed by atoms with van der Waals surface area (Å²) >= 11 is 12.6. The number of hydrazone groups is 1. The summed E-state index contributed by atoms with van der Waals surface area (Å²) in [6, 6.07) is 11.3. The van der Waals surface area contributed by atoms with Gasteiger partial charge in [0.05, 0.1) is 23.8 Å². The third-order valence-corrected chi connectivity index (χ3v) is 6.96. The summed E-state index contributed by atoms with van der Waals surface area (Å²) < 4.78 is 14.2. The minimum Gasteiger partial charge on any atom is -0.263 e. The lowest BCUT2D eigenvalue weighted by Gasteiger charge is -2.36. The SMILES string of the molecule is CC[C@H]1C(C(=O)N[N+]2(C)CCCCC2)=NN(c2ccc(Cl)cc2Cl)[C@H]1c1ccc(F)cc1. The lowest BCUT2D eigenvalue weighted by Crippen LogP contribution is -2.61. The fourth-order valence-electron chi connectivity index (χ4n) is 4.73. The number of carbonyl (C=O) groups excluding carboxylic acids is 1. The number of nitrogens with one attached hydrogen (secondary N) is 1. The highest BCUT2D eigenvalue weighted by Gasteiger charge is 2.43. The molecule has 2 aromatic carbocycles. The van der Waals surface area contributed by atoms with Gasteiger partial charge in [0, 0.05) is 10.9 Å². The normalized spacial score (nSPS) is 22.5. The quantitative estimate of drug-likeness (QED) is 0.558. The zero-order valence-electron chi connectivity index (χ0n) is 18.3. The first-order chi connectivity index (χ1) is 15.3. The van der Waals surface area contributed by atoms with Gasteiger partial charge in [-0.15, -0.1) is 0 Å². The first-order valence-corrected chi connectivity index (χ1v) is 11.8. The fraction of sp³-hybridized carbons (Fsp3) is 0.417.